The van der Waals surface area contributed by atoms with Crippen LogP contribution >= 0.6 is 11.6 Å². The molecule has 0 saturated carbocycles. The van der Waals surface area contributed by atoms with Crippen LogP contribution in [0.1, 0.15) is 39.2 Å². The number of anilines is 1. The Morgan fingerprint density at radius 3 is 2.33 bits per heavy atom. The summed E-state index contributed by atoms with van der Waals surface area (Å²) < 4.78 is 0. The van der Waals surface area contributed by atoms with E-state index in [4.69, 9.17) is 17.3 Å². The monoisotopic (exact) mass is 268 g/mol. The number of nitrogens with zero attached hydrogens (tertiary/aromatic N) is 1. The molecular weight excluding hydrogens is 244 g/mol. The van der Waals surface area contributed by atoms with Gasteiger partial charge in [-0.2, -0.15) is 0 Å². The number of benzene rings is 1. The predicted octanol–water partition coefficient (Wildman–Crippen LogP) is 3.85. The maximum Gasteiger partial charge on any atom is 0.0642 e. The maximum atomic E-state index is 6.38. The molecule has 1 atom stereocenters. The summed E-state index contributed by atoms with van der Waals surface area (Å²) in [7, 11) is 2.12. The van der Waals surface area contributed by atoms with E-state index in [-0.39, 0.29) is 6.04 Å². The molecule has 18 heavy (non-hydrogen) atoms. The molecule has 102 valence electrons. The van der Waals surface area contributed by atoms with Gasteiger partial charge in [-0.1, -0.05) is 31.5 Å². The minimum absolute atomic E-state index is 0.170. The third-order valence-electron chi connectivity index (χ3n) is 3.44. The van der Waals surface area contributed by atoms with Gasteiger partial charge in [0.05, 0.1) is 10.7 Å². The zero-order valence-electron chi connectivity index (χ0n) is 11.9. The summed E-state index contributed by atoms with van der Waals surface area (Å²) in [5.74, 6) is 0. The Morgan fingerprint density at radius 1 is 1.28 bits per heavy atom. The summed E-state index contributed by atoms with van der Waals surface area (Å²) in [6.45, 7) is 6.43. The van der Waals surface area contributed by atoms with Crippen molar-refractivity contribution < 1.29 is 0 Å². The third-order valence-corrected chi connectivity index (χ3v) is 3.74. The van der Waals surface area contributed by atoms with Gasteiger partial charge in [-0.25, -0.2) is 0 Å². The van der Waals surface area contributed by atoms with E-state index in [1.54, 1.807) is 0 Å². The fraction of sp³-hybridized carbons (Fsp3) is 0.600. The Balaban J connectivity index is 2.91. The van der Waals surface area contributed by atoms with Gasteiger partial charge in [0.1, 0.15) is 0 Å². The van der Waals surface area contributed by atoms with E-state index < -0.39 is 0 Å². The molecule has 0 aliphatic heterocycles. The van der Waals surface area contributed by atoms with Gasteiger partial charge >= 0.3 is 0 Å². The first kappa shape index (κ1) is 15.3. The lowest BCUT2D eigenvalue weighted by Crippen LogP contribution is -2.30. The maximum absolute atomic E-state index is 6.38. The van der Waals surface area contributed by atoms with Gasteiger partial charge in [-0.05, 0) is 43.9 Å². The van der Waals surface area contributed by atoms with Crippen molar-refractivity contribution in [2.75, 3.05) is 11.9 Å². The summed E-state index contributed by atoms with van der Waals surface area (Å²) >= 11 is 6.38. The summed E-state index contributed by atoms with van der Waals surface area (Å²) in [4.78, 5) is 2.28. The van der Waals surface area contributed by atoms with Crippen molar-refractivity contribution in [1.29, 1.82) is 0 Å². The van der Waals surface area contributed by atoms with Crippen LogP contribution in [0.4, 0.5) is 5.69 Å². The molecule has 0 saturated heterocycles. The second-order valence-electron chi connectivity index (χ2n) is 5.05. The van der Waals surface area contributed by atoms with Crippen LogP contribution in [0, 0.1) is 0 Å². The number of rotatable bonds is 6. The van der Waals surface area contributed by atoms with Crippen LogP contribution in [0.2, 0.25) is 5.02 Å². The zero-order chi connectivity index (χ0) is 13.7. The van der Waals surface area contributed by atoms with Crippen LogP contribution in [0.15, 0.2) is 18.2 Å². The second kappa shape index (κ2) is 7.01. The highest BCUT2D eigenvalue weighted by Crippen LogP contribution is 2.29. The molecule has 0 aliphatic rings. The molecule has 0 aromatic heterocycles. The number of hydrogen-bond acceptors (Lipinski definition) is 2. The van der Waals surface area contributed by atoms with Crippen molar-refractivity contribution in [2.24, 2.45) is 5.73 Å². The van der Waals surface area contributed by atoms with E-state index in [0.29, 0.717) is 6.04 Å². The highest BCUT2D eigenvalue weighted by Gasteiger charge is 2.14. The van der Waals surface area contributed by atoms with Crippen LogP contribution in [0.5, 0.6) is 0 Å². The van der Waals surface area contributed by atoms with Gasteiger partial charge < -0.3 is 10.6 Å². The van der Waals surface area contributed by atoms with E-state index >= 15 is 0 Å². The molecule has 0 aliphatic carbocycles. The van der Waals surface area contributed by atoms with Gasteiger partial charge in [0.2, 0.25) is 0 Å². The molecule has 0 heterocycles. The van der Waals surface area contributed by atoms with E-state index in [1.165, 1.54) is 5.56 Å². The van der Waals surface area contributed by atoms with Crippen molar-refractivity contribution in [3.63, 3.8) is 0 Å². The molecule has 1 aromatic carbocycles. The third kappa shape index (κ3) is 3.89. The van der Waals surface area contributed by atoms with Crippen molar-refractivity contribution in [1.82, 2.24) is 0 Å². The second-order valence-corrected chi connectivity index (χ2v) is 5.46. The highest BCUT2D eigenvalue weighted by atomic mass is 35.5. The Kier molecular flexibility index (Phi) is 5.97. The van der Waals surface area contributed by atoms with Crippen molar-refractivity contribution in [3.8, 4) is 0 Å². The smallest absolute Gasteiger partial charge is 0.0642 e. The molecule has 2 N–H and O–H groups in total. The first-order chi connectivity index (χ1) is 8.49. The quantitative estimate of drug-likeness (QED) is 0.849. The molecule has 1 unspecified atom stereocenters. The molecule has 1 rings (SSSR count). The van der Waals surface area contributed by atoms with Crippen LogP contribution in [-0.2, 0) is 6.42 Å². The summed E-state index contributed by atoms with van der Waals surface area (Å²) in [5.41, 5.74) is 8.13. The molecule has 2 nitrogen and oxygen atoms in total. The lowest BCUT2D eigenvalue weighted by molar-refractivity contribution is 0.591. The molecule has 0 bridgehead atoms. The van der Waals surface area contributed by atoms with E-state index in [0.717, 1.165) is 30.0 Å². The Morgan fingerprint density at radius 2 is 1.89 bits per heavy atom. The molecule has 0 amide bonds. The van der Waals surface area contributed by atoms with Crippen molar-refractivity contribution in [3.05, 3.63) is 28.8 Å². The number of hydrogen-bond donors (Lipinski definition) is 1. The molecule has 0 fully saturated rings. The fourth-order valence-electron chi connectivity index (χ4n) is 2.37. The summed E-state index contributed by atoms with van der Waals surface area (Å²) in [6, 6.07) is 6.99. The average Bonchev–Trinajstić information content (AvgIpc) is 2.29. The standard InChI is InChI=1S/C15H25ClN2/c1-5-13(6-2)18(4)15-8-7-12(9-11(3)17)10-14(15)16/h7-8,10-11,13H,5-6,9,17H2,1-4H3. The summed E-state index contributed by atoms with van der Waals surface area (Å²) in [5, 5.41) is 0.822. The van der Waals surface area contributed by atoms with Crippen LogP contribution in [0.3, 0.4) is 0 Å². The minimum Gasteiger partial charge on any atom is -0.370 e. The van der Waals surface area contributed by atoms with E-state index in [9.17, 15) is 0 Å². The largest absolute Gasteiger partial charge is 0.370 e. The van der Waals surface area contributed by atoms with Crippen LogP contribution < -0.4 is 10.6 Å². The first-order valence-corrected chi connectivity index (χ1v) is 7.14. The fourth-order valence-corrected chi connectivity index (χ4v) is 2.70. The molecule has 0 spiro atoms. The predicted molar refractivity (Wildman–Crippen MR) is 81.6 cm³/mol. The molecule has 0 radical (unpaired) electrons. The van der Waals surface area contributed by atoms with Crippen LogP contribution in [-0.4, -0.2) is 19.1 Å². The van der Waals surface area contributed by atoms with Crippen LogP contribution in [0.25, 0.3) is 0 Å². The Bertz CT molecular complexity index is 373. The van der Waals surface area contributed by atoms with Gasteiger partial charge in [0, 0.05) is 19.1 Å². The topological polar surface area (TPSA) is 29.3 Å². The highest BCUT2D eigenvalue weighted by molar-refractivity contribution is 6.33. The molecule has 1 aromatic rings. The minimum atomic E-state index is 0.170. The Hall–Kier alpha value is -0.730. The Labute approximate surface area is 116 Å². The lowest BCUT2D eigenvalue weighted by atomic mass is 10.1. The van der Waals surface area contributed by atoms with Crippen molar-refractivity contribution in [2.45, 2.75) is 52.1 Å². The lowest BCUT2D eigenvalue weighted by Gasteiger charge is -2.29. The molecule has 3 heteroatoms. The van der Waals surface area contributed by atoms with Crippen molar-refractivity contribution >= 4 is 17.3 Å². The molecular formula is C15H25ClN2. The average molecular weight is 269 g/mol. The van der Waals surface area contributed by atoms with E-state index in [2.05, 4.69) is 37.9 Å². The van der Waals surface area contributed by atoms with Gasteiger partial charge in [-0.15, -0.1) is 0 Å². The number of halogens is 1. The SMILES string of the molecule is CCC(CC)N(C)c1ccc(CC(C)N)cc1Cl. The zero-order valence-corrected chi connectivity index (χ0v) is 12.7. The van der Waals surface area contributed by atoms with Gasteiger partial charge in [0.15, 0.2) is 0 Å². The van der Waals surface area contributed by atoms with E-state index in [1.807, 2.05) is 13.0 Å². The summed E-state index contributed by atoms with van der Waals surface area (Å²) in [6.07, 6.45) is 3.13. The number of nitrogens with two attached hydrogens (primary N) is 1. The normalized spacial score (nSPS) is 12.8. The van der Waals surface area contributed by atoms with Gasteiger partial charge in [-0.3, -0.25) is 0 Å². The first-order valence-electron chi connectivity index (χ1n) is 6.76. The van der Waals surface area contributed by atoms with Gasteiger partial charge in [0.25, 0.3) is 0 Å².